The number of hydrogen-bond acceptors (Lipinski definition) is 3. The molecule has 0 bridgehead atoms. The van der Waals surface area contributed by atoms with Gasteiger partial charge < -0.3 is 5.11 Å². The maximum atomic E-state index is 14.5. The fraction of sp³-hybridized carbons (Fsp3) is 0.111. The minimum absolute atomic E-state index is 0.0453. The Morgan fingerprint density at radius 1 is 0.926 bits per heavy atom. The maximum Gasteiger partial charge on any atom is 0.152 e. The van der Waals surface area contributed by atoms with E-state index in [1.54, 1.807) is 6.92 Å². The topological polar surface area (TPSA) is 55.9 Å². The SMILES string of the molecule is Cc1nn(C)c(-n2cnc3cc(F)cc(F)c32)c1-c1c(F)cc(O)cc1F. The third-order valence-corrected chi connectivity index (χ3v) is 4.26. The molecular weight excluding hydrogens is 364 g/mol. The summed E-state index contributed by atoms with van der Waals surface area (Å²) in [6.07, 6.45) is 1.23. The second-order valence-corrected chi connectivity index (χ2v) is 6.06. The van der Waals surface area contributed by atoms with Crippen LogP contribution in [0.3, 0.4) is 0 Å². The van der Waals surface area contributed by atoms with Crippen LogP contribution in [0, 0.1) is 30.2 Å². The summed E-state index contributed by atoms with van der Waals surface area (Å²) in [6, 6.07) is 3.30. The highest BCUT2D eigenvalue weighted by atomic mass is 19.1. The number of benzene rings is 2. The number of halogens is 4. The molecule has 0 aliphatic heterocycles. The lowest BCUT2D eigenvalue weighted by Crippen LogP contribution is -2.05. The molecule has 0 amide bonds. The highest BCUT2D eigenvalue weighted by Gasteiger charge is 2.25. The van der Waals surface area contributed by atoms with Gasteiger partial charge in [0, 0.05) is 31.3 Å². The summed E-state index contributed by atoms with van der Waals surface area (Å²) in [6.45, 7) is 1.54. The van der Waals surface area contributed by atoms with Crippen molar-refractivity contribution >= 4 is 11.0 Å². The highest BCUT2D eigenvalue weighted by Crippen LogP contribution is 2.37. The van der Waals surface area contributed by atoms with Crippen LogP contribution in [-0.4, -0.2) is 24.4 Å². The van der Waals surface area contributed by atoms with Crippen molar-refractivity contribution in [2.24, 2.45) is 7.05 Å². The molecule has 0 radical (unpaired) electrons. The van der Waals surface area contributed by atoms with Crippen LogP contribution in [0.5, 0.6) is 5.75 Å². The molecule has 1 N–H and O–H groups in total. The second-order valence-electron chi connectivity index (χ2n) is 6.06. The minimum Gasteiger partial charge on any atom is -0.508 e. The van der Waals surface area contributed by atoms with E-state index in [1.807, 2.05) is 0 Å². The first kappa shape index (κ1) is 17.1. The lowest BCUT2D eigenvalue weighted by molar-refractivity contribution is 0.461. The van der Waals surface area contributed by atoms with E-state index in [1.165, 1.54) is 22.6 Å². The number of imidazole rings is 1. The molecule has 0 unspecified atom stereocenters. The van der Waals surface area contributed by atoms with E-state index in [4.69, 9.17) is 0 Å². The van der Waals surface area contributed by atoms with Gasteiger partial charge in [-0.25, -0.2) is 22.5 Å². The number of aryl methyl sites for hydroxylation is 2. The van der Waals surface area contributed by atoms with Crippen molar-refractivity contribution in [1.29, 1.82) is 0 Å². The van der Waals surface area contributed by atoms with Crippen LogP contribution >= 0.6 is 0 Å². The summed E-state index contributed by atoms with van der Waals surface area (Å²) in [5.74, 6) is -4.08. The summed E-state index contributed by atoms with van der Waals surface area (Å²) >= 11 is 0. The summed E-state index contributed by atoms with van der Waals surface area (Å²) in [4.78, 5) is 3.98. The van der Waals surface area contributed by atoms with Crippen LogP contribution < -0.4 is 0 Å². The summed E-state index contributed by atoms with van der Waals surface area (Å²) in [5, 5.41) is 13.6. The van der Waals surface area contributed by atoms with Crippen molar-refractivity contribution in [2.45, 2.75) is 6.92 Å². The second kappa shape index (κ2) is 5.83. The summed E-state index contributed by atoms with van der Waals surface area (Å²) < 4.78 is 59.4. The Kier molecular flexibility index (Phi) is 3.69. The van der Waals surface area contributed by atoms with Gasteiger partial charge in [0.2, 0.25) is 0 Å². The average molecular weight is 376 g/mol. The first-order chi connectivity index (χ1) is 12.8. The van der Waals surface area contributed by atoms with Crippen molar-refractivity contribution in [2.75, 3.05) is 0 Å². The third-order valence-electron chi connectivity index (χ3n) is 4.26. The number of nitrogens with zero attached hydrogens (tertiary/aromatic N) is 4. The molecule has 2 aromatic heterocycles. The predicted octanol–water partition coefficient (Wildman–Crippen LogP) is 4.00. The van der Waals surface area contributed by atoms with Gasteiger partial charge in [0.15, 0.2) is 5.82 Å². The van der Waals surface area contributed by atoms with Gasteiger partial charge in [0.05, 0.1) is 22.3 Å². The maximum absolute atomic E-state index is 14.5. The lowest BCUT2D eigenvalue weighted by atomic mass is 10.0. The molecule has 5 nitrogen and oxygen atoms in total. The van der Waals surface area contributed by atoms with Gasteiger partial charge in [-0.3, -0.25) is 9.25 Å². The van der Waals surface area contributed by atoms with Gasteiger partial charge in [-0.05, 0) is 6.92 Å². The molecule has 0 atom stereocenters. The average Bonchev–Trinajstić information content (AvgIpc) is 3.07. The first-order valence-corrected chi connectivity index (χ1v) is 7.82. The molecule has 0 fully saturated rings. The van der Waals surface area contributed by atoms with Crippen LogP contribution in [-0.2, 0) is 7.05 Å². The van der Waals surface area contributed by atoms with E-state index >= 15 is 0 Å². The molecule has 2 aromatic carbocycles. The van der Waals surface area contributed by atoms with Crippen molar-refractivity contribution in [3.8, 4) is 22.7 Å². The molecule has 0 saturated heterocycles. The zero-order chi connectivity index (χ0) is 19.5. The Labute approximate surface area is 150 Å². The lowest BCUT2D eigenvalue weighted by Gasteiger charge is -2.11. The number of hydrogen-bond donors (Lipinski definition) is 1. The van der Waals surface area contributed by atoms with Gasteiger partial charge in [0.25, 0.3) is 0 Å². The molecule has 0 aliphatic carbocycles. The van der Waals surface area contributed by atoms with Gasteiger partial charge in [-0.15, -0.1) is 0 Å². The Hall–Kier alpha value is -3.36. The first-order valence-electron chi connectivity index (χ1n) is 7.82. The zero-order valence-corrected chi connectivity index (χ0v) is 14.1. The number of aromatic hydroxyl groups is 1. The number of phenolic OH excluding ortho intramolecular Hbond substituents is 1. The molecule has 0 spiro atoms. The van der Waals surface area contributed by atoms with Gasteiger partial charge >= 0.3 is 0 Å². The van der Waals surface area contributed by atoms with E-state index in [-0.39, 0.29) is 28.1 Å². The predicted molar refractivity (Wildman–Crippen MR) is 89.5 cm³/mol. The van der Waals surface area contributed by atoms with Gasteiger partial charge in [-0.2, -0.15) is 5.10 Å². The van der Waals surface area contributed by atoms with E-state index in [0.717, 1.165) is 18.2 Å². The number of aromatic nitrogens is 4. The smallest absolute Gasteiger partial charge is 0.152 e. The van der Waals surface area contributed by atoms with Crippen LogP contribution in [0.15, 0.2) is 30.6 Å². The molecule has 0 saturated carbocycles. The summed E-state index contributed by atoms with van der Waals surface area (Å²) in [7, 11) is 1.52. The van der Waals surface area contributed by atoms with E-state index in [2.05, 4.69) is 10.1 Å². The van der Waals surface area contributed by atoms with Gasteiger partial charge in [0.1, 0.15) is 40.9 Å². The molecule has 138 valence electrons. The molecule has 4 rings (SSSR count). The van der Waals surface area contributed by atoms with Gasteiger partial charge in [-0.1, -0.05) is 0 Å². The molecule has 0 aliphatic rings. The monoisotopic (exact) mass is 376 g/mol. The van der Waals surface area contributed by atoms with E-state index in [9.17, 15) is 22.7 Å². The number of fused-ring (bicyclic) bond motifs is 1. The minimum atomic E-state index is -0.999. The van der Waals surface area contributed by atoms with E-state index in [0.29, 0.717) is 6.07 Å². The Bertz CT molecular complexity index is 1190. The number of rotatable bonds is 2. The standard InChI is InChI=1S/C18H12F4N4O/c1-8-15(16-11(20)5-10(27)6-12(16)21)18(25(2)24-8)26-7-23-14-4-9(19)3-13(22)17(14)26/h3-7,27H,1-2H3. The number of phenols is 1. The van der Waals surface area contributed by atoms with Crippen molar-refractivity contribution in [3.63, 3.8) is 0 Å². The molecule has 27 heavy (non-hydrogen) atoms. The van der Waals surface area contributed by atoms with Crippen molar-refractivity contribution in [3.05, 3.63) is 59.6 Å². The Morgan fingerprint density at radius 3 is 2.26 bits per heavy atom. The van der Waals surface area contributed by atoms with Crippen molar-refractivity contribution < 1.29 is 22.7 Å². The normalized spacial score (nSPS) is 11.5. The molecular formula is C18H12F4N4O. The quantitative estimate of drug-likeness (QED) is 0.538. The zero-order valence-electron chi connectivity index (χ0n) is 14.1. The van der Waals surface area contributed by atoms with Crippen LogP contribution in [0.2, 0.25) is 0 Å². The Morgan fingerprint density at radius 2 is 1.59 bits per heavy atom. The summed E-state index contributed by atoms with van der Waals surface area (Å²) in [5.41, 5.74) is -0.0853. The van der Waals surface area contributed by atoms with Crippen LogP contribution in [0.1, 0.15) is 5.69 Å². The third kappa shape index (κ3) is 2.54. The van der Waals surface area contributed by atoms with Crippen LogP contribution in [0.25, 0.3) is 28.0 Å². The van der Waals surface area contributed by atoms with Crippen LogP contribution in [0.4, 0.5) is 17.6 Å². The fourth-order valence-electron chi connectivity index (χ4n) is 3.24. The van der Waals surface area contributed by atoms with E-state index < -0.39 is 34.6 Å². The fourth-order valence-corrected chi connectivity index (χ4v) is 3.24. The Balaban J connectivity index is 2.09. The molecule has 9 heteroatoms. The molecule has 4 aromatic rings. The largest absolute Gasteiger partial charge is 0.508 e. The highest BCUT2D eigenvalue weighted by molar-refractivity contribution is 5.82. The molecule has 2 heterocycles. The van der Waals surface area contributed by atoms with Crippen molar-refractivity contribution in [1.82, 2.24) is 19.3 Å².